The average molecular weight is 198 g/mol. The van der Waals surface area contributed by atoms with Gasteiger partial charge in [0.2, 0.25) is 0 Å². The number of aliphatic hydroxyl groups is 1. The van der Waals surface area contributed by atoms with Gasteiger partial charge in [0.15, 0.2) is 0 Å². The van der Waals surface area contributed by atoms with E-state index in [-0.39, 0.29) is 6.10 Å². The number of aliphatic hydroxyl groups excluding tert-OH is 1. The van der Waals surface area contributed by atoms with Crippen molar-refractivity contribution in [2.45, 2.75) is 26.5 Å². The fourth-order valence-electron chi connectivity index (χ4n) is 1.59. The highest BCUT2D eigenvalue weighted by atomic mass is 32.1. The summed E-state index contributed by atoms with van der Waals surface area (Å²) < 4.78 is 0. The summed E-state index contributed by atoms with van der Waals surface area (Å²) in [6.45, 7) is 6.67. The van der Waals surface area contributed by atoms with Gasteiger partial charge < -0.3 is 5.11 Å². The Kier molecular flexibility index (Phi) is 2.36. The molecule has 1 aromatic rings. The van der Waals surface area contributed by atoms with Crippen LogP contribution in [0.25, 0.3) is 0 Å². The predicted octanol–water partition coefficient (Wildman–Crippen LogP) is 0.936. The first-order valence-electron chi connectivity index (χ1n) is 4.48. The van der Waals surface area contributed by atoms with Crippen molar-refractivity contribution in [3.05, 3.63) is 15.6 Å². The number of β-amino-alcohol motifs (C(OH)–C–C–N with tert-alkyl or cyclic N) is 1. The number of aromatic nitrogens is 1. The highest BCUT2D eigenvalue weighted by Crippen LogP contribution is 2.21. The van der Waals surface area contributed by atoms with Gasteiger partial charge in [0.1, 0.15) is 0 Å². The van der Waals surface area contributed by atoms with Crippen molar-refractivity contribution in [2.75, 3.05) is 13.1 Å². The van der Waals surface area contributed by atoms with Crippen LogP contribution in [-0.2, 0) is 6.54 Å². The Bertz CT molecular complexity index is 305. The zero-order valence-electron chi connectivity index (χ0n) is 7.95. The summed E-state index contributed by atoms with van der Waals surface area (Å²) in [6, 6.07) is 0. The summed E-state index contributed by atoms with van der Waals surface area (Å²) in [5.74, 6) is 0. The van der Waals surface area contributed by atoms with Crippen LogP contribution >= 0.6 is 11.3 Å². The third-order valence-electron chi connectivity index (χ3n) is 2.30. The maximum absolute atomic E-state index is 9.12. The van der Waals surface area contributed by atoms with Gasteiger partial charge in [-0.3, -0.25) is 4.90 Å². The molecule has 0 radical (unpaired) electrons. The summed E-state index contributed by atoms with van der Waals surface area (Å²) in [4.78, 5) is 7.95. The molecular formula is C9H14N2OS. The summed E-state index contributed by atoms with van der Waals surface area (Å²) in [7, 11) is 0. The Morgan fingerprint density at radius 1 is 1.54 bits per heavy atom. The first kappa shape index (κ1) is 9.12. The SMILES string of the molecule is Cc1nc(C)c(CN2CC(O)C2)s1. The van der Waals surface area contributed by atoms with E-state index >= 15 is 0 Å². The Balaban J connectivity index is 1.98. The monoisotopic (exact) mass is 198 g/mol. The molecule has 0 aromatic carbocycles. The third kappa shape index (κ3) is 1.90. The summed E-state index contributed by atoms with van der Waals surface area (Å²) in [5, 5.41) is 10.2. The van der Waals surface area contributed by atoms with E-state index in [1.54, 1.807) is 11.3 Å². The second-order valence-corrected chi connectivity index (χ2v) is 4.88. The van der Waals surface area contributed by atoms with Crippen LogP contribution < -0.4 is 0 Å². The van der Waals surface area contributed by atoms with E-state index in [2.05, 4.69) is 16.8 Å². The fourth-order valence-corrected chi connectivity index (χ4v) is 2.57. The van der Waals surface area contributed by atoms with E-state index < -0.39 is 0 Å². The maximum Gasteiger partial charge on any atom is 0.0900 e. The van der Waals surface area contributed by atoms with E-state index in [4.69, 9.17) is 5.11 Å². The van der Waals surface area contributed by atoms with Crippen LogP contribution in [0.5, 0.6) is 0 Å². The summed E-state index contributed by atoms with van der Waals surface area (Å²) in [6.07, 6.45) is -0.102. The molecule has 4 heteroatoms. The second kappa shape index (κ2) is 3.36. The third-order valence-corrected chi connectivity index (χ3v) is 3.36. The van der Waals surface area contributed by atoms with Crippen molar-refractivity contribution in [2.24, 2.45) is 0 Å². The largest absolute Gasteiger partial charge is 0.390 e. The topological polar surface area (TPSA) is 36.4 Å². The van der Waals surface area contributed by atoms with Gasteiger partial charge in [0, 0.05) is 24.5 Å². The first-order valence-corrected chi connectivity index (χ1v) is 5.30. The molecule has 72 valence electrons. The second-order valence-electron chi connectivity index (χ2n) is 3.59. The van der Waals surface area contributed by atoms with E-state index in [1.807, 2.05) is 6.92 Å². The van der Waals surface area contributed by atoms with Gasteiger partial charge in [0.05, 0.1) is 16.8 Å². The lowest BCUT2D eigenvalue weighted by Crippen LogP contribution is -2.49. The van der Waals surface area contributed by atoms with Crippen molar-refractivity contribution in [3.63, 3.8) is 0 Å². The smallest absolute Gasteiger partial charge is 0.0900 e. The normalized spacial score (nSPS) is 19.0. The lowest BCUT2D eigenvalue weighted by atomic mass is 10.1. The van der Waals surface area contributed by atoms with Gasteiger partial charge in [-0.2, -0.15) is 0 Å². The van der Waals surface area contributed by atoms with Crippen molar-refractivity contribution in [1.82, 2.24) is 9.88 Å². The fraction of sp³-hybridized carbons (Fsp3) is 0.667. The Morgan fingerprint density at radius 3 is 2.69 bits per heavy atom. The van der Waals surface area contributed by atoms with Gasteiger partial charge in [-0.15, -0.1) is 11.3 Å². The molecule has 2 heterocycles. The predicted molar refractivity (Wildman–Crippen MR) is 52.9 cm³/mol. The minimum Gasteiger partial charge on any atom is -0.390 e. The van der Waals surface area contributed by atoms with Crippen LogP contribution in [0.3, 0.4) is 0 Å². The molecular weight excluding hydrogens is 184 g/mol. The molecule has 1 saturated heterocycles. The number of likely N-dealkylation sites (tertiary alicyclic amines) is 1. The number of aryl methyl sites for hydroxylation is 2. The van der Waals surface area contributed by atoms with Crippen LogP contribution in [0.2, 0.25) is 0 Å². The van der Waals surface area contributed by atoms with Crippen molar-refractivity contribution in [3.8, 4) is 0 Å². The molecule has 1 N–H and O–H groups in total. The molecule has 1 aliphatic heterocycles. The van der Waals surface area contributed by atoms with Gasteiger partial charge in [-0.05, 0) is 13.8 Å². The maximum atomic E-state index is 9.12. The number of nitrogens with zero attached hydrogens (tertiary/aromatic N) is 2. The molecule has 1 aliphatic rings. The molecule has 0 saturated carbocycles. The van der Waals surface area contributed by atoms with E-state index in [0.29, 0.717) is 0 Å². The van der Waals surface area contributed by atoms with Crippen molar-refractivity contribution in [1.29, 1.82) is 0 Å². The van der Waals surface area contributed by atoms with E-state index in [0.717, 1.165) is 30.3 Å². The van der Waals surface area contributed by atoms with Gasteiger partial charge >= 0.3 is 0 Å². The van der Waals surface area contributed by atoms with Crippen LogP contribution in [0, 0.1) is 13.8 Å². The Labute approximate surface area is 82.0 Å². The molecule has 0 spiro atoms. The van der Waals surface area contributed by atoms with Gasteiger partial charge in [0.25, 0.3) is 0 Å². The molecule has 0 unspecified atom stereocenters. The Morgan fingerprint density at radius 2 is 2.23 bits per heavy atom. The molecule has 1 fully saturated rings. The highest BCUT2D eigenvalue weighted by molar-refractivity contribution is 7.11. The number of hydrogen-bond donors (Lipinski definition) is 1. The van der Waals surface area contributed by atoms with Gasteiger partial charge in [-0.25, -0.2) is 4.98 Å². The van der Waals surface area contributed by atoms with Crippen molar-refractivity contribution < 1.29 is 5.11 Å². The number of rotatable bonds is 2. The summed E-state index contributed by atoms with van der Waals surface area (Å²) >= 11 is 1.76. The number of thiazole rings is 1. The summed E-state index contributed by atoms with van der Waals surface area (Å²) in [5.41, 5.74) is 1.14. The average Bonchev–Trinajstić information content (AvgIpc) is 2.27. The van der Waals surface area contributed by atoms with Crippen molar-refractivity contribution >= 4 is 11.3 Å². The molecule has 0 aliphatic carbocycles. The molecule has 0 amide bonds. The first-order chi connectivity index (χ1) is 6.15. The number of hydrogen-bond acceptors (Lipinski definition) is 4. The lowest BCUT2D eigenvalue weighted by Gasteiger charge is -2.35. The minimum atomic E-state index is -0.102. The molecule has 0 atom stereocenters. The zero-order valence-corrected chi connectivity index (χ0v) is 8.77. The standard InChI is InChI=1S/C9H14N2OS/c1-6-9(13-7(2)10-6)5-11-3-8(12)4-11/h8,12H,3-5H2,1-2H3. The van der Waals surface area contributed by atoms with E-state index in [9.17, 15) is 0 Å². The van der Waals surface area contributed by atoms with Crippen LogP contribution in [-0.4, -0.2) is 34.2 Å². The molecule has 1 aromatic heterocycles. The molecule has 0 bridgehead atoms. The highest BCUT2D eigenvalue weighted by Gasteiger charge is 2.25. The van der Waals surface area contributed by atoms with E-state index in [1.165, 1.54) is 4.88 Å². The van der Waals surface area contributed by atoms with Crippen LogP contribution in [0.15, 0.2) is 0 Å². The molecule has 3 nitrogen and oxygen atoms in total. The minimum absolute atomic E-state index is 0.102. The lowest BCUT2D eigenvalue weighted by molar-refractivity contribution is -0.00242. The van der Waals surface area contributed by atoms with Crippen LogP contribution in [0.1, 0.15) is 15.6 Å². The zero-order chi connectivity index (χ0) is 9.42. The Hall–Kier alpha value is -0.450. The van der Waals surface area contributed by atoms with Crippen LogP contribution in [0.4, 0.5) is 0 Å². The molecule has 2 rings (SSSR count). The molecule has 13 heavy (non-hydrogen) atoms. The van der Waals surface area contributed by atoms with Gasteiger partial charge in [-0.1, -0.05) is 0 Å². The quantitative estimate of drug-likeness (QED) is 0.768.